The van der Waals surface area contributed by atoms with Crippen LogP contribution in [0.4, 0.5) is 0 Å². The van der Waals surface area contributed by atoms with Gasteiger partial charge in [-0.05, 0) is 47.9 Å². The molecule has 94 valence electrons. The topological polar surface area (TPSA) is 0 Å². The smallest absolute Gasteiger partial charge is 0.0352 e. The maximum absolute atomic E-state index is 3.51. The maximum atomic E-state index is 3.51. The van der Waals surface area contributed by atoms with Crippen molar-refractivity contribution >= 4 is 27.3 Å². The van der Waals surface area contributed by atoms with Gasteiger partial charge in [0.15, 0.2) is 0 Å². The lowest BCUT2D eigenvalue weighted by molar-refractivity contribution is 1.46. The van der Waals surface area contributed by atoms with Crippen LogP contribution >= 0.6 is 27.3 Å². The van der Waals surface area contributed by atoms with Gasteiger partial charge in [-0.2, -0.15) is 0 Å². The Morgan fingerprint density at radius 1 is 0.842 bits per heavy atom. The largest absolute Gasteiger partial charge is 0.135 e. The minimum absolute atomic E-state index is 1.13. The molecule has 0 atom stereocenters. The van der Waals surface area contributed by atoms with E-state index in [0.717, 1.165) is 4.47 Å². The summed E-state index contributed by atoms with van der Waals surface area (Å²) in [5, 5.41) is 0. The van der Waals surface area contributed by atoms with E-state index in [-0.39, 0.29) is 0 Å². The summed E-state index contributed by atoms with van der Waals surface area (Å²) in [6, 6.07) is 21.4. The minimum atomic E-state index is 1.13. The van der Waals surface area contributed by atoms with E-state index >= 15 is 0 Å². The molecule has 1 heterocycles. The SMILES string of the molecule is Cc1cc(Br)ccc1-c1ccc(-c2ccccc2)s1. The summed E-state index contributed by atoms with van der Waals surface area (Å²) in [4.78, 5) is 2.64. The molecule has 0 fully saturated rings. The van der Waals surface area contributed by atoms with Crippen LogP contribution in [0, 0.1) is 6.92 Å². The second-order valence-corrected chi connectivity index (χ2v) is 6.49. The summed E-state index contributed by atoms with van der Waals surface area (Å²) < 4.78 is 1.13. The summed E-state index contributed by atoms with van der Waals surface area (Å²) in [6.45, 7) is 2.15. The molecule has 19 heavy (non-hydrogen) atoms. The van der Waals surface area contributed by atoms with Crippen LogP contribution in [0.1, 0.15) is 5.56 Å². The van der Waals surface area contributed by atoms with Gasteiger partial charge < -0.3 is 0 Å². The van der Waals surface area contributed by atoms with E-state index in [1.165, 1.54) is 26.4 Å². The fraction of sp³-hybridized carbons (Fsp3) is 0.0588. The van der Waals surface area contributed by atoms with Crippen molar-refractivity contribution in [3.8, 4) is 20.9 Å². The van der Waals surface area contributed by atoms with Crippen LogP contribution in [0.2, 0.25) is 0 Å². The Morgan fingerprint density at radius 3 is 2.32 bits per heavy atom. The zero-order valence-electron chi connectivity index (χ0n) is 10.6. The van der Waals surface area contributed by atoms with Gasteiger partial charge in [0.05, 0.1) is 0 Å². The highest BCUT2D eigenvalue weighted by Gasteiger charge is 2.07. The van der Waals surface area contributed by atoms with E-state index in [1.807, 2.05) is 11.3 Å². The van der Waals surface area contributed by atoms with Crippen LogP contribution in [0.15, 0.2) is 65.1 Å². The monoisotopic (exact) mass is 328 g/mol. The first-order valence-corrected chi connectivity index (χ1v) is 7.77. The van der Waals surface area contributed by atoms with Gasteiger partial charge in [0.2, 0.25) is 0 Å². The van der Waals surface area contributed by atoms with Crippen LogP contribution in [0.5, 0.6) is 0 Å². The summed E-state index contributed by atoms with van der Waals surface area (Å²) in [7, 11) is 0. The Hall–Kier alpha value is -1.38. The summed E-state index contributed by atoms with van der Waals surface area (Å²) >= 11 is 5.36. The fourth-order valence-electron chi connectivity index (χ4n) is 2.14. The van der Waals surface area contributed by atoms with Crippen LogP contribution in [0.3, 0.4) is 0 Å². The standard InChI is InChI=1S/C17H13BrS/c1-12-11-14(18)7-8-15(12)17-10-9-16(19-17)13-5-3-2-4-6-13/h2-11H,1H3. The molecular formula is C17H13BrS. The molecule has 0 aliphatic heterocycles. The second kappa shape index (κ2) is 5.32. The van der Waals surface area contributed by atoms with E-state index < -0.39 is 0 Å². The zero-order chi connectivity index (χ0) is 13.2. The minimum Gasteiger partial charge on any atom is -0.135 e. The van der Waals surface area contributed by atoms with Crippen LogP contribution in [-0.4, -0.2) is 0 Å². The molecule has 2 heteroatoms. The maximum Gasteiger partial charge on any atom is 0.0352 e. The van der Waals surface area contributed by atoms with E-state index in [1.54, 1.807) is 0 Å². The molecule has 3 rings (SSSR count). The summed E-state index contributed by atoms with van der Waals surface area (Å²) in [5.41, 5.74) is 3.90. The van der Waals surface area contributed by atoms with Crippen LogP contribution in [0.25, 0.3) is 20.9 Å². The lowest BCUT2D eigenvalue weighted by atomic mass is 10.1. The Kier molecular flexibility index (Phi) is 3.54. The molecule has 0 N–H and O–H groups in total. The third-order valence-electron chi connectivity index (χ3n) is 3.12. The molecule has 0 bridgehead atoms. The predicted octanol–water partition coefficient (Wildman–Crippen LogP) is 6.15. The highest BCUT2D eigenvalue weighted by molar-refractivity contribution is 9.10. The summed E-state index contributed by atoms with van der Waals surface area (Å²) in [5.74, 6) is 0. The van der Waals surface area contributed by atoms with Gasteiger partial charge in [-0.1, -0.05) is 52.3 Å². The summed E-state index contributed by atoms with van der Waals surface area (Å²) in [6.07, 6.45) is 0. The average Bonchev–Trinajstić information content (AvgIpc) is 2.89. The molecule has 0 nitrogen and oxygen atoms in total. The number of thiophene rings is 1. The van der Waals surface area contributed by atoms with E-state index in [0.29, 0.717) is 0 Å². The van der Waals surface area contributed by atoms with E-state index in [9.17, 15) is 0 Å². The molecule has 0 radical (unpaired) electrons. The number of hydrogen-bond acceptors (Lipinski definition) is 1. The molecule has 1 aromatic heterocycles. The molecule has 0 spiro atoms. The van der Waals surface area contributed by atoms with E-state index in [4.69, 9.17) is 0 Å². The highest BCUT2D eigenvalue weighted by atomic mass is 79.9. The van der Waals surface area contributed by atoms with E-state index in [2.05, 4.69) is 83.5 Å². The van der Waals surface area contributed by atoms with Gasteiger partial charge in [-0.15, -0.1) is 11.3 Å². The van der Waals surface area contributed by atoms with Gasteiger partial charge in [-0.3, -0.25) is 0 Å². The first-order chi connectivity index (χ1) is 9.24. The zero-order valence-corrected chi connectivity index (χ0v) is 13.0. The number of rotatable bonds is 2. The molecule has 2 aromatic carbocycles. The van der Waals surface area contributed by atoms with Crippen molar-refractivity contribution in [1.82, 2.24) is 0 Å². The highest BCUT2D eigenvalue weighted by Crippen LogP contribution is 2.36. The van der Waals surface area contributed by atoms with Crippen LogP contribution < -0.4 is 0 Å². The van der Waals surface area contributed by atoms with Gasteiger partial charge >= 0.3 is 0 Å². The molecule has 0 saturated carbocycles. The third-order valence-corrected chi connectivity index (χ3v) is 4.78. The van der Waals surface area contributed by atoms with Crippen molar-refractivity contribution in [2.75, 3.05) is 0 Å². The van der Waals surface area contributed by atoms with Gasteiger partial charge in [0.1, 0.15) is 0 Å². The number of aryl methyl sites for hydroxylation is 1. The second-order valence-electron chi connectivity index (χ2n) is 4.49. The molecular weight excluding hydrogens is 316 g/mol. The first-order valence-electron chi connectivity index (χ1n) is 6.16. The molecule has 3 aromatic rings. The van der Waals surface area contributed by atoms with Crippen LogP contribution in [-0.2, 0) is 0 Å². The fourth-order valence-corrected chi connectivity index (χ4v) is 3.72. The molecule has 0 amide bonds. The van der Waals surface area contributed by atoms with Crippen molar-refractivity contribution in [2.45, 2.75) is 6.92 Å². The normalized spacial score (nSPS) is 10.6. The Morgan fingerprint density at radius 2 is 1.58 bits per heavy atom. The Bertz CT molecular complexity index is 698. The molecule has 0 aliphatic rings. The first kappa shape index (κ1) is 12.6. The molecule has 0 unspecified atom stereocenters. The lowest BCUT2D eigenvalue weighted by Crippen LogP contribution is -1.79. The third kappa shape index (κ3) is 2.65. The van der Waals surface area contributed by atoms with Crippen molar-refractivity contribution in [3.63, 3.8) is 0 Å². The lowest BCUT2D eigenvalue weighted by Gasteiger charge is -2.03. The van der Waals surface area contributed by atoms with Gasteiger partial charge in [0.25, 0.3) is 0 Å². The molecule has 0 aliphatic carbocycles. The number of hydrogen-bond donors (Lipinski definition) is 0. The predicted molar refractivity (Wildman–Crippen MR) is 87.6 cm³/mol. The van der Waals surface area contributed by atoms with Crippen molar-refractivity contribution in [3.05, 3.63) is 70.7 Å². The average molecular weight is 329 g/mol. The van der Waals surface area contributed by atoms with Crippen molar-refractivity contribution in [1.29, 1.82) is 0 Å². The molecule has 0 saturated heterocycles. The van der Waals surface area contributed by atoms with Gasteiger partial charge in [0, 0.05) is 14.2 Å². The number of halogens is 1. The Balaban J connectivity index is 2.02. The van der Waals surface area contributed by atoms with Gasteiger partial charge in [-0.25, -0.2) is 0 Å². The number of benzene rings is 2. The Labute approximate surface area is 125 Å². The quantitative estimate of drug-likeness (QED) is 0.529. The van der Waals surface area contributed by atoms with Crippen molar-refractivity contribution in [2.24, 2.45) is 0 Å². The van der Waals surface area contributed by atoms with Crippen molar-refractivity contribution < 1.29 is 0 Å².